The molecular weight excluding hydrogens is 246 g/mol. The molecule has 110 valence electrons. The summed E-state index contributed by atoms with van der Waals surface area (Å²) in [5.41, 5.74) is -0.186. The summed E-state index contributed by atoms with van der Waals surface area (Å²) in [6.45, 7) is 0.571. The number of rotatable bonds is 8. The molecule has 0 heterocycles. The highest BCUT2D eigenvalue weighted by Gasteiger charge is 2.31. The van der Waals surface area contributed by atoms with Gasteiger partial charge in [0.1, 0.15) is 0 Å². The van der Waals surface area contributed by atoms with Crippen molar-refractivity contribution in [1.29, 1.82) is 0 Å². The fraction of sp³-hybridized carbons (Fsp3) is 0.857. The van der Waals surface area contributed by atoms with Crippen molar-refractivity contribution in [3.8, 4) is 0 Å². The van der Waals surface area contributed by atoms with Crippen LogP contribution in [0.2, 0.25) is 0 Å². The molecule has 19 heavy (non-hydrogen) atoms. The molecule has 1 amide bonds. The van der Waals surface area contributed by atoms with Crippen molar-refractivity contribution in [2.75, 3.05) is 13.7 Å². The van der Waals surface area contributed by atoms with Gasteiger partial charge in [-0.1, -0.05) is 19.3 Å². The van der Waals surface area contributed by atoms with E-state index in [-0.39, 0.29) is 17.9 Å². The molecule has 0 aromatic heterocycles. The number of unbranched alkanes of at least 4 members (excludes halogenated alkanes) is 1. The quantitative estimate of drug-likeness (QED) is 0.663. The van der Waals surface area contributed by atoms with Gasteiger partial charge in [0.05, 0.1) is 5.60 Å². The van der Waals surface area contributed by atoms with Crippen molar-refractivity contribution >= 4 is 11.9 Å². The lowest BCUT2D eigenvalue weighted by Gasteiger charge is -2.36. The molecule has 0 saturated heterocycles. The van der Waals surface area contributed by atoms with Gasteiger partial charge in [-0.25, -0.2) is 0 Å². The topological polar surface area (TPSA) is 75.6 Å². The number of aliphatic carboxylic acids is 1. The first kappa shape index (κ1) is 16.0. The van der Waals surface area contributed by atoms with E-state index in [9.17, 15) is 9.59 Å². The van der Waals surface area contributed by atoms with E-state index in [4.69, 9.17) is 9.84 Å². The average molecular weight is 271 g/mol. The molecule has 0 aromatic rings. The fourth-order valence-electron chi connectivity index (χ4n) is 2.56. The van der Waals surface area contributed by atoms with Crippen LogP contribution in [0.1, 0.15) is 57.8 Å². The largest absolute Gasteiger partial charge is 0.481 e. The molecule has 1 saturated carbocycles. The van der Waals surface area contributed by atoms with Gasteiger partial charge < -0.3 is 15.2 Å². The minimum Gasteiger partial charge on any atom is -0.481 e. The summed E-state index contributed by atoms with van der Waals surface area (Å²) in [4.78, 5) is 22.0. The number of carboxylic acids is 1. The highest BCUT2D eigenvalue weighted by Crippen LogP contribution is 2.30. The van der Waals surface area contributed by atoms with Crippen molar-refractivity contribution in [3.63, 3.8) is 0 Å². The van der Waals surface area contributed by atoms with Gasteiger partial charge in [-0.15, -0.1) is 0 Å². The summed E-state index contributed by atoms with van der Waals surface area (Å²) in [7, 11) is 1.71. The number of nitrogens with one attached hydrogen (secondary N) is 1. The zero-order valence-electron chi connectivity index (χ0n) is 11.7. The normalized spacial score (nSPS) is 17.9. The van der Waals surface area contributed by atoms with Crippen molar-refractivity contribution in [2.24, 2.45) is 0 Å². The molecule has 5 heteroatoms. The minimum absolute atomic E-state index is 0.00705. The number of hydrogen-bond acceptors (Lipinski definition) is 3. The van der Waals surface area contributed by atoms with E-state index in [1.165, 1.54) is 6.42 Å². The second-order valence-corrected chi connectivity index (χ2v) is 5.33. The van der Waals surface area contributed by atoms with Crippen molar-refractivity contribution in [1.82, 2.24) is 5.32 Å². The van der Waals surface area contributed by atoms with Crippen LogP contribution in [-0.4, -0.2) is 36.2 Å². The molecule has 5 nitrogen and oxygen atoms in total. The molecule has 1 rings (SSSR count). The van der Waals surface area contributed by atoms with Gasteiger partial charge in [-0.2, -0.15) is 0 Å². The van der Waals surface area contributed by atoms with E-state index in [0.29, 0.717) is 25.8 Å². The Morgan fingerprint density at radius 2 is 1.79 bits per heavy atom. The summed E-state index contributed by atoms with van der Waals surface area (Å²) >= 11 is 0. The summed E-state index contributed by atoms with van der Waals surface area (Å²) in [6, 6.07) is 0. The van der Waals surface area contributed by atoms with Gasteiger partial charge in [0.2, 0.25) is 5.91 Å². The standard InChI is InChI=1S/C14H25NO4/c1-19-14(9-5-2-6-10-14)11-15-12(16)7-3-4-8-13(17)18/h2-11H2,1H3,(H,15,16)(H,17,18). The van der Waals surface area contributed by atoms with Crippen LogP contribution in [0.3, 0.4) is 0 Å². The van der Waals surface area contributed by atoms with E-state index >= 15 is 0 Å². The second kappa shape index (κ2) is 8.15. The zero-order valence-corrected chi connectivity index (χ0v) is 11.7. The smallest absolute Gasteiger partial charge is 0.303 e. The summed E-state index contributed by atoms with van der Waals surface area (Å²) in [6.07, 6.45) is 7.27. The van der Waals surface area contributed by atoms with E-state index in [2.05, 4.69) is 5.32 Å². The Kier molecular flexibility index (Phi) is 6.84. The van der Waals surface area contributed by atoms with Gasteiger partial charge in [0.25, 0.3) is 0 Å². The Morgan fingerprint density at radius 1 is 1.16 bits per heavy atom. The first-order chi connectivity index (χ1) is 9.08. The van der Waals surface area contributed by atoms with Crippen LogP contribution < -0.4 is 5.32 Å². The number of carbonyl (C=O) groups excluding carboxylic acids is 1. The average Bonchev–Trinajstić information content (AvgIpc) is 2.42. The van der Waals surface area contributed by atoms with Crippen LogP contribution in [-0.2, 0) is 14.3 Å². The predicted octanol–water partition coefficient (Wildman–Crippen LogP) is 2.10. The summed E-state index contributed by atoms with van der Waals surface area (Å²) in [5.74, 6) is -0.812. The Labute approximate surface area is 114 Å². The number of methoxy groups -OCH3 is 1. The number of amides is 1. The molecular formula is C14H25NO4. The van der Waals surface area contributed by atoms with Crippen LogP contribution in [0.15, 0.2) is 0 Å². The van der Waals surface area contributed by atoms with Crippen molar-refractivity contribution in [3.05, 3.63) is 0 Å². The van der Waals surface area contributed by atoms with Crippen molar-refractivity contribution in [2.45, 2.75) is 63.4 Å². The van der Waals surface area contributed by atoms with E-state index in [1.807, 2.05) is 0 Å². The maximum atomic E-state index is 11.7. The van der Waals surface area contributed by atoms with Gasteiger partial charge in [-0.05, 0) is 25.7 Å². The monoisotopic (exact) mass is 271 g/mol. The highest BCUT2D eigenvalue weighted by molar-refractivity contribution is 5.76. The third-order valence-electron chi connectivity index (χ3n) is 3.85. The first-order valence-corrected chi connectivity index (χ1v) is 7.12. The van der Waals surface area contributed by atoms with Gasteiger partial charge in [0.15, 0.2) is 0 Å². The van der Waals surface area contributed by atoms with Crippen LogP contribution in [0, 0.1) is 0 Å². The maximum absolute atomic E-state index is 11.7. The number of ether oxygens (including phenoxy) is 1. The Morgan fingerprint density at radius 3 is 2.37 bits per heavy atom. The predicted molar refractivity (Wildman–Crippen MR) is 71.9 cm³/mol. The molecule has 0 unspecified atom stereocenters. The lowest BCUT2D eigenvalue weighted by Crippen LogP contribution is -2.45. The SMILES string of the molecule is COC1(CNC(=O)CCCCC(=O)O)CCCCC1. The Hall–Kier alpha value is -1.10. The lowest BCUT2D eigenvalue weighted by molar-refractivity contribution is -0.137. The number of carboxylic acid groups (broad SMARTS) is 1. The number of carbonyl (C=O) groups is 2. The second-order valence-electron chi connectivity index (χ2n) is 5.33. The van der Waals surface area contributed by atoms with Gasteiger partial charge in [-0.3, -0.25) is 9.59 Å². The highest BCUT2D eigenvalue weighted by atomic mass is 16.5. The lowest BCUT2D eigenvalue weighted by atomic mass is 9.84. The van der Waals surface area contributed by atoms with Crippen LogP contribution in [0.25, 0.3) is 0 Å². The molecule has 2 N–H and O–H groups in total. The molecule has 0 bridgehead atoms. The summed E-state index contributed by atoms with van der Waals surface area (Å²) < 4.78 is 5.59. The molecule has 1 fully saturated rings. The molecule has 1 aliphatic carbocycles. The van der Waals surface area contributed by atoms with E-state index in [0.717, 1.165) is 25.7 Å². The molecule has 0 radical (unpaired) electrons. The maximum Gasteiger partial charge on any atom is 0.303 e. The molecule has 0 aromatic carbocycles. The van der Waals surface area contributed by atoms with Gasteiger partial charge >= 0.3 is 5.97 Å². The minimum atomic E-state index is -0.805. The van der Waals surface area contributed by atoms with Crippen LogP contribution in [0.4, 0.5) is 0 Å². The molecule has 0 spiro atoms. The summed E-state index contributed by atoms with van der Waals surface area (Å²) in [5, 5.41) is 11.4. The third-order valence-corrected chi connectivity index (χ3v) is 3.85. The van der Waals surface area contributed by atoms with E-state index in [1.54, 1.807) is 7.11 Å². The van der Waals surface area contributed by atoms with Crippen molar-refractivity contribution < 1.29 is 19.4 Å². The molecule has 1 aliphatic rings. The zero-order chi connectivity index (χ0) is 14.1. The fourth-order valence-corrected chi connectivity index (χ4v) is 2.56. The van der Waals surface area contributed by atoms with E-state index < -0.39 is 5.97 Å². The molecule has 0 aliphatic heterocycles. The Bertz CT molecular complexity index is 298. The van der Waals surface area contributed by atoms with Gasteiger partial charge in [0, 0.05) is 26.5 Å². The third kappa shape index (κ3) is 6.05. The Balaban J connectivity index is 2.19. The molecule has 0 atom stereocenters. The van der Waals surface area contributed by atoms with Crippen LogP contribution >= 0.6 is 0 Å². The first-order valence-electron chi connectivity index (χ1n) is 7.12. The number of hydrogen-bond donors (Lipinski definition) is 2. The van der Waals surface area contributed by atoms with Crippen LogP contribution in [0.5, 0.6) is 0 Å².